The second-order valence-corrected chi connectivity index (χ2v) is 23.8. The molecule has 3 saturated carbocycles. The minimum atomic E-state index is -2.12. The monoisotopic (exact) mass is 759 g/mol. The zero-order valence-electron chi connectivity index (χ0n) is 29.1. The van der Waals surface area contributed by atoms with Gasteiger partial charge in [0, 0.05) is 7.92 Å². The van der Waals surface area contributed by atoms with Crippen LogP contribution < -0.4 is 9.80 Å². The van der Waals surface area contributed by atoms with Gasteiger partial charge in [-0.1, -0.05) is 19.3 Å². The first-order chi connectivity index (χ1) is 21.7. The number of anilines is 2. The van der Waals surface area contributed by atoms with Crippen LogP contribution >= 0.6 is 27.3 Å². The van der Waals surface area contributed by atoms with Crippen molar-refractivity contribution in [2.24, 2.45) is 0 Å². The molecule has 2 aromatic rings. The summed E-state index contributed by atoms with van der Waals surface area (Å²) in [5.41, 5.74) is 13.9. The number of hydrogen-bond donors (Lipinski definition) is 0. The number of halogens is 2. The summed E-state index contributed by atoms with van der Waals surface area (Å²) in [5, 5.41) is 0. The summed E-state index contributed by atoms with van der Waals surface area (Å²) in [6, 6.07) is 8.96. The molecule has 0 atom stereocenters. The van der Waals surface area contributed by atoms with E-state index in [1.807, 2.05) is 0 Å². The quantitative estimate of drug-likeness (QED) is 0.221. The van der Waals surface area contributed by atoms with E-state index in [1.54, 1.807) is 96.3 Å². The molecule has 0 unspecified atom stereocenters. The van der Waals surface area contributed by atoms with E-state index >= 15 is 0 Å². The standard InChI is InChI=1S/C21H26N2.C18H33P.2ClH.Ru/c1-14-9-16(3)20(17(4)10-14)22-7-8-23(13-22)21-18(5)11-15(2)12-19(21)6;1-4-10-16(11-5-1)19(17-12-6-2-7-13-17)18-14-8-3-9-15-18;;;/h9-12H,7-8H2,1-6H3;16-18H,1-15H2;2*1H;/q;;;;+2/p-1. The Balaban J connectivity index is 0.000000186. The van der Waals surface area contributed by atoms with Crippen LogP contribution in [0.2, 0.25) is 0 Å². The third-order valence-electron chi connectivity index (χ3n) is 11.1. The van der Waals surface area contributed by atoms with Crippen molar-refractivity contribution in [3.05, 3.63) is 57.6 Å². The van der Waals surface area contributed by atoms with E-state index in [9.17, 15) is 0 Å². The van der Waals surface area contributed by atoms with Crippen LogP contribution in [-0.4, -0.2) is 34.4 Å². The predicted octanol–water partition coefficient (Wildman–Crippen LogP) is 12.1. The summed E-state index contributed by atoms with van der Waals surface area (Å²) in [7, 11) is 13.2. The van der Waals surface area contributed by atoms with Gasteiger partial charge in [-0.15, -0.1) is 0 Å². The van der Waals surface area contributed by atoms with Gasteiger partial charge in [-0.05, 0) is 77.0 Å². The number of nitrogens with zero attached hydrogens (tertiary/aromatic N) is 2. The maximum absolute atomic E-state index is 6.63. The Morgan fingerprint density at radius 1 is 0.511 bits per heavy atom. The molecule has 1 aliphatic heterocycles. The molecule has 4 aliphatic rings. The molecule has 0 N–H and O–H groups in total. The van der Waals surface area contributed by atoms with Gasteiger partial charge in [-0.2, -0.15) is 0 Å². The molecule has 6 rings (SSSR count). The first kappa shape index (κ1) is 35.8. The molecule has 3 aliphatic carbocycles. The molecule has 0 bridgehead atoms. The molecular formula is C39H60Cl2N2PRu+. The molecule has 0 amide bonds. The van der Waals surface area contributed by atoms with Gasteiger partial charge in [-0.25, -0.2) is 0 Å². The fourth-order valence-electron chi connectivity index (χ4n) is 9.58. The normalized spacial score (nSPS) is 20.9. The first-order valence-corrected chi connectivity index (χ1v) is 25.2. The van der Waals surface area contributed by atoms with Gasteiger partial charge in [0.05, 0.1) is 17.0 Å². The van der Waals surface area contributed by atoms with E-state index in [1.165, 1.54) is 61.7 Å². The number of aryl methyl sites for hydroxylation is 6. The van der Waals surface area contributed by atoms with E-state index < -0.39 is 13.5 Å². The van der Waals surface area contributed by atoms with Crippen molar-refractivity contribution >= 4 is 43.0 Å². The van der Waals surface area contributed by atoms with Crippen molar-refractivity contribution in [3.63, 3.8) is 0 Å². The summed E-state index contributed by atoms with van der Waals surface area (Å²) in [6.45, 7) is 14.8. The number of benzene rings is 2. The zero-order chi connectivity index (χ0) is 32.1. The second-order valence-electron chi connectivity index (χ2n) is 14.7. The number of rotatable bonds is 5. The molecule has 252 valence electrons. The van der Waals surface area contributed by atoms with E-state index in [2.05, 4.69) is 75.6 Å². The van der Waals surface area contributed by atoms with E-state index in [0.717, 1.165) is 17.4 Å². The summed E-state index contributed by atoms with van der Waals surface area (Å²) in [4.78, 5) is 4.73. The summed E-state index contributed by atoms with van der Waals surface area (Å²) >= 11 is -2.12. The van der Waals surface area contributed by atoms with Gasteiger partial charge in [-0.3, -0.25) is 0 Å². The maximum atomic E-state index is 6.63. The Kier molecular flexibility index (Phi) is 13.4. The molecule has 2 nitrogen and oxygen atoms in total. The van der Waals surface area contributed by atoms with Crippen LogP contribution in [-0.2, 0) is 13.5 Å². The van der Waals surface area contributed by atoms with Crippen LogP contribution in [0.15, 0.2) is 24.3 Å². The second kappa shape index (κ2) is 16.8. The van der Waals surface area contributed by atoms with Crippen molar-refractivity contribution in [3.8, 4) is 0 Å². The van der Waals surface area contributed by atoms with Crippen LogP contribution in [0.1, 0.15) is 130 Å². The van der Waals surface area contributed by atoms with Crippen LogP contribution in [0.4, 0.5) is 11.4 Å². The molecule has 1 heterocycles. The average Bonchev–Trinajstić information content (AvgIpc) is 3.42. The van der Waals surface area contributed by atoms with E-state index in [4.69, 9.17) is 19.4 Å². The molecule has 0 spiro atoms. The Labute approximate surface area is 290 Å². The van der Waals surface area contributed by atoms with Crippen LogP contribution in [0.25, 0.3) is 0 Å². The van der Waals surface area contributed by atoms with E-state index in [-0.39, 0.29) is 7.92 Å². The van der Waals surface area contributed by atoms with Crippen LogP contribution in [0, 0.1) is 41.5 Å². The number of hydrogen-bond acceptors (Lipinski definition) is 2. The van der Waals surface area contributed by atoms with Crippen molar-refractivity contribution in [1.29, 1.82) is 0 Å². The third kappa shape index (κ3) is 8.77. The predicted molar refractivity (Wildman–Crippen MR) is 202 cm³/mol. The molecule has 6 heteroatoms. The van der Waals surface area contributed by atoms with Crippen molar-refractivity contribution < 1.29 is 13.5 Å². The summed E-state index contributed by atoms with van der Waals surface area (Å²) < 4.78 is 1.10. The Morgan fingerprint density at radius 3 is 1.07 bits per heavy atom. The van der Waals surface area contributed by atoms with Crippen LogP contribution in [0.3, 0.4) is 0 Å². The first-order valence-electron chi connectivity index (χ1n) is 18.1. The fourth-order valence-corrected chi connectivity index (χ4v) is 18.0. The summed E-state index contributed by atoms with van der Waals surface area (Å²) in [6.07, 6.45) is 23.8. The summed E-state index contributed by atoms with van der Waals surface area (Å²) in [5.74, 6) is 0. The average molecular weight is 760 g/mol. The van der Waals surface area contributed by atoms with Crippen LogP contribution in [0.5, 0.6) is 0 Å². The van der Waals surface area contributed by atoms with Gasteiger partial charge in [0.25, 0.3) is 0 Å². The third-order valence-corrected chi connectivity index (χ3v) is 18.6. The molecule has 0 aromatic heterocycles. The molecule has 45 heavy (non-hydrogen) atoms. The van der Waals surface area contributed by atoms with Crippen molar-refractivity contribution in [2.45, 2.75) is 155 Å². The molecule has 0 radical (unpaired) electrons. The van der Waals surface area contributed by atoms with Gasteiger partial charge >= 0.3 is 171 Å². The Bertz CT molecular complexity index is 1160. The SMILES string of the molecule is C1CCC([PH+](C2CCCCC2)C2CCCCC2)CC1.Cc1cc(C)c(N2CCN(c3c(C)cc(C)cc3C)[C]2=[Ru]([Cl])[Cl])c(C)c1. The molecule has 1 saturated heterocycles. The van der Waals surface area contributed by atoms with E-state index in [0.29, 0.717) is 0 Å². The van der Waals surface area contributed by atoms with Gasteiger partial charge < -0.3 is 0 Å². The molecular weight excluding hydrogens is 699 g/mol. The Morgan fingerprint density at radius 2 is 0.800 bits per heavy atom. The van der Waals surface area contributed by atoms with Gasteiger partial charge in [0.15, 0.2) is 0 Å². The van der Waals surface area contributed by atoms with Crippen molar-refractivity contribution in [2.75, 3.05) is 22.9 Å². The van der Waals surface area contributed by atoms with Crippen molar-refractivity contribution in [1.82, 2.24) is 0 Å². The van der Waals surface area contributed by atoms with Gasteiger partial charge in [0.2, 0.25) is 0 Å². The topological polar surface area (TPSA) is 6.48 Å². The molecule has 4 fully saturated rings. The zero-order valence-corrected chi connectivity index (χ0v) is 33.3. The Hall–Kier alpha value is -0.457. The minimum absolute atomic E-state index is 0.0465. The fraction of sp³-hybridized carbons (Fsp3) is 0.667. The molecule has 2 aromatic carbocycles. The van der Waals surface area contributed by atoms with Gasteiger partial charge in [0.1, 0.15) is 0 Å².